The van der Waals surface area contributed by atoms with Gasteiger partial charge in [-0.3, -0.25) is 4.98 Å². The van der Waals surface area contributed by atoms with Crippen LogP contribution in [0.25, 0.3) is 11.1 Å². The summed E-state index contributed by atoms with van der Waals surface area (Å²) in [4.78, 5) is 16.0. The first kappa shape index (κ1) is 19.0. The Kier molecular flexibility index (Phi) is 5.24. The highest BCUT2D eigenvalue weighted by molar-refractivity contribution is 6.31. The number of hydrogen-bond acceptors (Lipinski definition) is 3. The van der Waals surface area contributed by atoms with E-state index in [4.69, 9.17) is 11.6 Å². The van der Waals surface area contributed by atoms with Crippen molar-refractivity contribution in [1.29, 1.82) is 0 Å². The van der Waals surface area contributed by atoms with Gasteiger partial charge in [0, 0.05) is 34.5 Å². The summed E-state index contributed by atoms with van der Waals surface area (Å²) in [5.74, 6) is 5.69. The molecule has 1 aliphatic carbocycles. The minimum atomic E-state index is -0.994. The maximum Gasteiger partial charge on any atom is 0.335 e. The summed E-state index contributed by atoms with van der Waals surface area (Å²) >= 11 is 6.14. The molecule has 2 N–H and O–H groups in total. The molecule has 0 bridgehead atoms. The molecule has 0 atom stereocenters. The van der Waals surface area contributed by atoms with Gasteiger partial charge in [-0.1, -0.05) is 35.9 Å². The van der Waals surface area contributed by atoms with Gasteiger partial charge >= 0.3 is 5.97 Å². The number of phenolic OH excluding ortho intramolecular Hbond substituents is 1. The van der Waals surface area contributed by atoms with Crippen molar-refractivity contribution in [3.05, 3.63) is 82.1 Å². The van der Waals surface area contributed by atoms with Gasteiger partial charge in [-0.15, -0.1) is 0 Å². The van der Waals surface area contributed by atoms with E-state index in [1.807, 2.05) is 12.1 Å². The Bertz CT molecular complexity index is 1140. The van der Waals surface area contributed by atoms with Crippen molar-refractivity contribution in [1.82, 2.24) is 4.98 Å². The molecule has 5 heteroatoms. The van der Waals surface area contributed by atoms with Crippen molar-refractivity contribution in [2.75, 3.05) is 0 Å². The lowest BCUT2D eigenvalue weighted by molar-refractivity contribution is 0.0697. The number of nitrogens with zero attached hydrogens (tertiary/aromatic N) is 1. The summed E-state index contributed by atoms with van der Waals surface area (Å²) < 4.78 is 0. The van der Waals surface area contributed by atoms with Crippen LogP contribution in [0, 0.1) is 11.8 Å². The topological polar surface area (TPSA) is 70.4 Å². The fourth-order valence-corrected chi connectivity index (χ4v) is 3.50. The lowest BCUT2D eigenvalue weighted by Gasteiger charge is -2.24. The molecular formula is C24H18ClNO3. The van der Waals surface area contributed by atoms with Crippen LogP contribution in [0.1, 0.15) is 52.4 Å². The smallest absolute Gasteiger partial charge is 0.335 e. The molecule has 1 aliphatic rings. The highest BCUT2D eigenvalue weighted by atomic mass is 35.5. The summed E-state index contributed by atoms with van der Waals surface area (Å²) in [6.45, 7) is 0. The Morgan fingerprint density at radius 1 is 1.03 bits per heavy atom. The molecule has 144 valence electrons. The maximum absolute atomic E-state index is 11.4. The Labute approximate surface area is 173 Å². The van der Waals surface area contributed by atoms with Crippen LogP contribution in [0.15, 0.2) is 54.7 Å². The number of carboxylic acids is 1. The first-order valence-electron chi connectivity index (χ1n) is 9.35. The summed E-state index contributed by atoms with van der Waals surface area (Å²) in [6, 6.07) is 13.4. The quantitative estimate of drug-likeness (QED) is 0.568. The zero-order chi connectivity index (χ0) is 20.4. The van der Waals surface area contributed by atoms with Gasteiger partial charge < -0.3 is 10.2 Å². The van der Waals surface area contributed by atoms with E-state index >= 15 is 0 Å². The predicted octanol–water partition coefficient (Wildman–Crippen LogP) is 5.47. The van der Waals surface area contributed by atoms with Gasteiger partial charge in [0.15, 0.2) is 0 Å². The van der Waals surface area contributed by atoms with Crippen molar-refractivity contribution in [3.63, 3.8) is 0 Å². The van der Waals surface area contributed by atoms with Crippen LogP contribution >= 0.6 is 11.6 Å². The zero-order valence-electron chi connectivity index (χ0n) is 15.5. The number of rotatable bonds is 3. The van der Waals surface area contributed by atoms with Crippen LogP contribution in [0.4, 0.5) is 0 Å². The van der Waals surface area contributed by atoms with E-state index in [0.717, 1.165) is 11.3 Å². The third kappa shape index (κ3) is 4.11. The minimum Gasteiger partial charge on any atom is -0.508 e. The van der Waals surface area contributed by atoms with Crippen LogP contribution in [-0.4, -0.2) is 21.2 Å². The molecule has 29 heavy (non-hydrogen) atoms. The van der Waals surface area contributed by atoms with Gasteiger partial charge in [0.2, 0.25) is 0 Å². The summed E-state index contributed by atoms with van der Waals surface area (Å²) in [5, 5.41) is 19.2. The third-order valence-electron chi connectivity index (χ3n) is 5.17. The number of pyridine rings is 1. The second kappa shape index (κ2) is 7.98. The lowest BCUT2D eigenvalue weighted by Crippen LogP contribution is -2.10. The van der Waals surface area contributed by atoms with Crippen LogP contribution in [0.5, 0.6) is 5.75 Å². The lowest BCUT2D eigenvalue weighted by atomic mass is 9.82. The molecule has 1 fully saturated rings. The first-order valence-corrected chi connectivity index (χ1v) is 9.73. The second-order valence-electron chi connectivity index (χ2n) is 7.08. The maximum atomic E-state index is 11.4. The third-order valence-corrected chi connectivity index (χ3v) is 5.48. The van der Waals surface area contributed by atoms with Gasteiger partial charge in [0.25, 0.3) is 0 Å². The number of halogens is 1. The van der Waals surface area contributed by atoms with Gasteiger partial charge in [-0.25, -0.2) is 4.79 Å². The average molecular weight is 404 g/mol. The zero-order valence-corrected chi connectivity index (χ0v) is 16.3. The van der Waals surface area contributed by atoms with E-state index in [1.54, 1.807) is 24.4 Å². The Morgan fingerprint density at radius 3 is 2.41 bits per heavy atom. The SMILES string of the molecule is O=C(O)c1ccc(C#Cc2ccc(O)cc2Cl)c(-c2ccc(C3CCC3)nc2)c1. The fraction of sp³-hybridized carbons (Fsp3) is 0.167. The molecule has 0 aliphatic heterocycles. The number of aromatic nitrogens is 1. The molecule has 0 spiro atoms. The summed E-state index contributed by atoms with van der Waals surface area (Å²) in [6.07, 6.45) is 5.37. The van der Waals surface area contributed by atoms with E-state index in [0.29, 0.717) is 27.6 Å². The Hall–Kier alpha value is -3.29. The van der Waals surface area contributed by atoms with Crippen molar-refractivity contribution in [2.45, 2.75) is 25.2 Å². The van der Waals surface area contributed by atoms with Crippen molar-refractivity contribution in [2.24, 2.45) is 0 Å². The summed E-state index contributed by atoms with van der Waals surface area (Å²) in [7, 11) is 0. The molecular weight excluding hydrogens is 386 g/mol. The number of aromatic carboxylic acids is 1. The number of carboxylic acid groups (broad SMARTS) is 1. The van der Waals surface area contributed by atoms with E-state index in [9.17, 15) is 15.0 Å². The first-order chi connectivity index (χ1) is 14.0. The minimum absolute atomic E-state index is 0.0738. The summed E-state index contributed by atoms with van der Waals surface area (Å²) in [5.41, 5.74) is 4.06. The van der Waals surface area contributed by atoms with Gasteiger partial charge in [0.05, 0.1) is 10.6 Å². The number of benzene rings is 2. The van der Waals surface area contributed by atoms with E-state index in [1.165, 1.54) is 37.5 Å². The highest BCUT2D eigenvalue weighted by Gasteiger charge is 2.20. The standard InChI is InChI=1S/C24H18ClNO3/c25-22-13-20(27)10-8-16(22)6-4-15-5-7-18(24(28)29)12-21(15)19-9-11-23(26-14-19)17-2-1-3-17/h5,7-14,17,27H,1-3H2,(H,28,29). The molecule has 0 radical (unpaired) electrons. The molecule has 2 aromatic carbocycles. The molecule has 4 nitrogen and oxygen atoms in total. The van der Waals surface area contributed by atoms with Crippen LogP contribution in [0.2, 0.25) is 5.02 Å². The van der Waals surface area contributed by atoms with Gasteiger partial charge in [0.1, 0.15) is 5.75 Å². The molecule has 1 heterocycles. The average Bonchev–Trinajstić information content (AvgIpc) is 2.66. The van der Waals surface area contributed by atoms with Gasteiger partial charge in [-0.2, -0.15) is 0 Å². The molecule has 0 unspecified atom stereocenters. The van der Waals surface area contributed by atoms with E-state index in [-0.39, 0.29) is 11.3 Å². The fourth-order valence-electron chi connectivity index (χ4n) is 3.28. The van der Waals surface area contributed by atoms with Crippen molar-refractivity contribution >= 4 is 17.6 Å². The number of hydrogen-bond donors (Lipinski definition) is 2. The molecule has 4 rings (SSSR count). The van der Waals surface area contributed by atoms with Crippen molar-refractivity contribution in [3.8, 4) is 28.7 Å². The van der Waals surface area contributed by atoms with Crippen LogP contribution < -0.4 is 0 Å². The molecule has 0 amide bonds. The van der Waals surface area contributed by atoms with E-state index in [2.05, 4.69) is 16.8 Å². The largest absolute Gasteiger partial charge is 0.508 e. The number of phenols is 1. The van der Waals surface area contributed by atoms with Gasteiger partial charge in [-0.05, 0) is 60.9 Å². The molecule has 1 saturated carbocycles. The van der Waals surface area contributed by atoms with Crippen LogP contribution in [-0.2, 0) is 0 Å². The van der Waals surface area contributed by atoms with Crippen LogP contribution in [0.3, 0.4) is 0 Å². The second-order valence-corrected chi connectivity index (χ2v) is 7.49. The predicted molar refractivity (Wildman–Crippen MR) is 112 cm³/mol. The Morgan fingerprint density at radius 2 is 1.79 bits per heavy atom. The normalized spacial score (nSPS) is 13.3. The molecule has 1 aromatic heterocycles. The number of aromatic hydroxyl groups is 1. The Balaban J connectivity index is 1.74. The number of carbonyl (C=O) groups is 1. The highest BCUT2D eigenvalue weighted by Crippen LogP contribution is 2.36. The molecule has 0 saturated heterocycles. The van der Waals surface area contributed by atoms with Crippen molar-refractivity contribution < 1.29 is 15.0 Å². The monoisotopic (exact) mass is 403 g/mol. The van der Waals surface area contributed by atoms with E-state index < -0.39 is 5.97 Å². The molecule has 3 aromatic rings.